The summed E-state index contributed by atoms with van der Waals surface area (Å²) >= 11 is 1.75. The van der Waals surface area contributed by atoms with Gasteiger partial charge in [-0.05, 0) is 23.8 Å². The van der Waals surface area contributed by atoms with Gasteiger partial charge in [0.1, 0.15) is 0 Å². The van der Waals surface area contributed by atoms with E-state index in [9.17, 15) is 4.79 Å². The van der Waals surface area contributed by atoms with E-state index in [2.05, 4.69) is 0 Å². The van der Waals surface area contributed by atoms with Crippen LogP contribution in [0.3, 0.4) is 0 Å². The lowest BCUT2D eigenvalue weighted by atomic mass is 9.96. The molecule has 1 aromatic carbocycles. The van der Waals surface area contributed by atoms with Crippen LogP contribution in [0.15, 0.2) is 29.2 Å². The summed E-state index contributed by atoms with van der Waals surface area (Å²) in [5.41, 5.74) is 0.978. The zero-order valence-corrected chi connectivity index (χ0v) is 7.88. The number of hydrogen-bond donors (Lipinski definition) is 1. The molecule has 0 aliphatic carbocycles. The maximum Gasteiger partial charge on any atom is 0.311 e. The summed E-state index contributed by atoms with van der Waals surface area (Å²) < 4.78 is 0. The van der Waals surface area contributed by atoms with Crippen LogP contribution in [0.2, 0.25) is 0 Å². The third kappa shape index (κ3) is 1.56. The zero-order chi connectivity index (χ0) is 9.26. The molecule has 1 atom stereocenters. The topological polar surface area (TPSA) is 37.3 Å². The van der Waals surface area contributed by atoms with Crippen molar-refractivity contribution in [1.82, 2.24) is 0 Å². The Balaban J connectivity index is 2.42. The number of carboxylic acids is 1. The van der Waals surface area contributed by atoms with Gasteiger partial charge in [0.15, 0.2) is 0 Å². The van der Waals surface area contributed by atoms with Crippen LogP contribution in [-0.2, 0) is 4.79 Å². The summed E-state index contributed by atoms with van der Waals surface area (Å²) in [6.07, 6.45) is 0.747. The number of fused-ring (bicyclic) bond motifs is 1. The van der Waals surface area contributed by atoms with Gasteiger partial charge in [0, 0.05) is 4.90 Å². The Hall–Kier alpha value is -0.960. The molecule has 0 radical (unpaired) electrons. The van der Waals surface area contributed by atoms with Crippen LogP contribution >= 0.6 is 11.8 Å². The first-order valence-corrected chi connectivity index (χ1v) is 5.22. The van der Waals surface area contributed by atoms with E-state index in [0.29, 0.717) is 0 Å². The average molecular weight is 194 g/mol. The van der Waals surface area contributed by atoms with Gasteiger partial charge in [-0.3, -0.25) is 4.79 Å². The first-order chi connectivity index (χ1) is 6.29. The molecule has 68 valence electrons. The summed E-state index contributed by atoms with van der Waals surface area (Å²) in [4.78, 5) is 12.0. The maximum atomic E-state index is 10.9. The van der Waals surface area contributed by atoms with Crippen molar-refractivity contribution in [2.75, 3.05) is 5.75 Å². The molecule has 0 unspecified atom stereocenters. The van der Waals surface area contributed by atoms with Crippen molar-refractivity contribution in [2.24, 2.45) is 0 Å². The van der Waals surface area contributed by atoms with E-state index in [0.717, 1.165) is 22.6 Å². The summed E-state index contributed by atoms with van der Waals surface area (Å²) in [6, 6.07) is 7.77. The second-order valence-corrected chi connectivity index (χ2v) is 4.20. The number of carboxylic acid groups (broad SMARTS) is 1. The Bertz CT molecular complexity index is 335. The van der Waals surface area contributed by atoms with Gasteiger partial charge < -0.3 is 5.11 Å². The Morgan fingerprint density at radius 1 is 1.46 bits per heavy atom. The van der Waals surface area contributed by atoms with Gasteiger partial charge in [0.25, 0.3) is 0 Å². The molecule has 1 aliphatic heterocycles. The first-order valence-electron chi connectivity index (χ1n) is 4.23. The summed E-state index contributed by atoms with van der Waals surface area (Å²) in [5.74, 6) is -0.0845. The highest BCUT2D eigenvalue weighted by Crippen LogP contribution is 2.37. The minimum atomic E-state index is -0.701. The molecule has 2 nitrogen and oxygen atoms in total. The van der Waals surface area contributed by atoms with Crippen LogP contribution in [0.4, 0.5) is 0 Å². The minimum Gasteiger partial charge on any atom is -0.481 e. The van der Waals surface area contributed by atoms with Crippen LogP contribution in [0.5, 0.6) is 0 Å². The summed E-state index contributed by atoms with van der Waals surface area (Å²) in [7, 11) is 0. The fourth-order valence-corrected chi connectivity index (χ4v) is 2.72. The van der Waals surface area contributed by atoms with Gasteiger partial charge in [-0.25, -0.2) is 0 Å². The molecule has 0 saturated carbocycles. The highest BCUT2D eigenvalue weighted by Gasteiger charge is 2.25. The second kappa shape index (κ2) is 3.42. The van der Waals surface area contributed by atoms with Gasteiger partial charge in [-0.1, -0.05) is 18.2 Å². The molecule has 3 heteroatoms. The molecule has 13 heavy (non-hydrogen) atoms. The lowest BCUT2D eigenvalue weighted by molar-refractivity contribution is -0.138. The van der Waals surface area contributed by atoms with Gasteiger partial charge in [-0.15, -0.1) is 11.8 Å². The minimum absolute atomic E-state index is 0.294. The van der Waals surface area contributed by atoms with E-state index in [1.165, 1.54) is 0 Å². The van der Waals surface area contributed by atoms with E-state index < -0.39 is 5.97 Å². The summed E-state index contributed by atoms with van der Waals surface area (Å²) in [6.45, 7) is 0. The number of hydrogen-bond acceptors (Lipinski definition) is 2. The molecule has 0 aromatic heterocycles. The van der Waals surface area contributed by atoms with Crippen molar-refractivity contribution in [3.05, 3.63) is 29.8 Å². The first kappa shape index (κ1) is 8.63. The lowest BCUT2D eigenvalue weighted by Crippen LogP contribution is -2.16. The molecule has 0 amide bonds. The quantitative estimate of drug-likeness (QED) is 0.745. The molecule has 0 bridgehead atoms. The highest BCUT2D eigenvalue weighted by atomic mass is 32.2. The van der Waals surface area contributed by atoms with Crippen LogP contribution in [-0.4, -0.2) is 16.8 Å². The molecule has 1 heterocycles. The number of thioether (sulfide) groups is 1. The molecule has 1 N–H and O–H groups in total. The Kier molecular flexibility index (Phi) is 2.27. The molecule has 0 saturated heterocycles. The van der Waals surface area contributed by atoms with E-state index >= 15 is 0 Å². The van der Waals surface area contributed by atoms with E-state index in [-0.39, 0.29) is 5.92 Å². The Morgan fingerprint density at radius 2 is 2.23 bits per heavy atom. The van der Waals surface area contributed by atoms with Crippen LogP contribution in [0.1, 0.15) is 17.9 Å². The molecule has 2 rings (SSSR count). The normalized spacial score (nSPS) is 20.8. The molecule has 0 fully saturated rings. The SMILES string of the molecule is O=C(O)[C@@H]1CCSc2ccccc21. The van der Waals surface area contributed by atoms with Gasteiger partial charge in [-0.2, -0.15) is 0 Å². The van der Waals surface area contributed by atoms with E-state index in [1.807, 2.05) is 24.3 Å². The van der Waals surface area contributed by atoms with Crippen LogP contribution in [0, 0.1) is 0 Å². The summed E-state index contributed by atoms with van der Waals surface area (Å²) in [5, 5.41) is 8.98. The fraction of sp³-hybridized carbons (Fsp3) is 0.300. The Labute approximate surface area is 81.0 Å². The van der Waals surface area contributed by atoms with Crippen molar-refractivity contribution in [2.45, 2.75) is 17.2 Å². The van der Waals surface area contributed by atoms with Crippen molar-refractivity contribution in [3.63, 3.8) is 0 Å². The van der Waals surface area contributed by atoms with Crippen LogP contribution in [0.25, 0.3) is 0 Å². The zero-order valence-electron chi connectivity index (χ0n) is 7.06. The number of benzene rings is 1. The van der Waals surface area contributed by atoms with Crippen molar-refractivity contribution in [1.29, 1.82) is 0 Å². The predicted molar refractivity (Wildman–Crippen MR) is 52.2 cm³/mol. The fourth-order valence-electron chi connectivity index (χ4n) is 1.60. The molecular weight excluding hydrogens is 184 g/mol. The Morgan fingerprint density at radius 3 is 3.00 bits per heavy atom. The molecular formula is C10H10O2S. The second-order valence-electron chi connectivity index (χ2n) is 3.07. The standard InChI is InChI=1S/C10H10O2S/c11-10(12)8-5-6-13-9-4-2-1-3-7(8)9/h1-4,8H,5-6H2,(H,11,12)/t8-/m1/s1. The van der Waals surface area contributed by atoms with Crippen LogP contribution < -0.4 is 0 Å². The van der Waals surface area contributed by atoms with Crippen molar-refractivity contribution >= 4 is 17.7 Å². The van der Waals surface area contributed by atoms with E-state index in [1.54, 1.807) is 11.8 Å². The molecule has 0 spiro atoms. The largest absolute Gasteiger partial charge is 0.481 e. The van der Waals surface area contributed by atoms with Crippen molar-refractivity contribution < 1.29 is 9.90 Å². The van der Waals surface area contributed by atoms with Crippen molar-refractivity contribution in [3.8, 4) is 0 Å². The predicted octanol–water partition coefficient (Wildman–Crippen LogP) is 2.35. The number of aliphatic carboxylic acids is 1. The van der Waals surface area contributed by atoms with Gasteiger partial charge in [0.2, 0.25) is 0 Å². The highest BCUT2D eigenvalue weighted by molar-refractivity contribution is 7.99. The lowest BCUT2D eigenvalue weighted by Gasteiger charge is -2.21. The third-order valence-corrected chi connectivity index (χ3v) is 3.38. The molecule has 1 aromatic rings. The third-order valence-electron chi connectivity index (χ3n) is 2.26. The average Bonchev–Trinajstić information content (AvgIpc) is 2.17. The molecule has 1 aliphatic rings. The van der Waals surface area contributed by atoms with Gasteiger partial charge >= 0.3 is 5.97 Å². The maximum absolute atomic E-state index is 10.9. The smallest absolute Gasteiger partial charge is 0.311 e. The van der Waals surface area contributed by atoms with Gasteiger partial charge in [0.05, 0.1) is 5.92 Å². The number of rotatable bonds is 1. The monoisotopic (exact) mass is 194 g/mol. The van der Waals surface area contributed by atoms with E-state index in [4.69, 9.17) is 5.11 Å². The number of carbonyl (C=O) groups is 1.